The van der Waals surface area contributed by atoms with Crippen LogP contribution in [0.1, 0.15) is 30.9 Å². The molecule has 0 N–H and O–H groups in total. The van der Waals surface area contributed by atoms with Gasteiger partial charge in [0.2, 0.25) is 15.9 Å². The van der Waals surface area contributed by atoms with E-state index >= 15 is 0 Å². The van der Waals surface area contributed by atoms with E-state index in [1.807, 2.05) is 47.4 Å². The molecular weight excluding hydrogens is 452 g/mol. The summed E-state index contributed by atoms with van der Waals surface area (Å²) in [4.78, 5) is 15.1. The van der Waals surface area contributed by atoms with Crippen molar-refractivity contribution >= 4 is 37.5 Å². The molecule has 2 aliphatic heterocycles. The number of fused-ring (bicyclic) bond motifs is 1. The van der Waals surface area contributed by atoms with Crippen molar-refractivity contribution in [1.82, 2.24) is 4.31 Å². The van der Waals surface area contributed by atoms with Crippen molar-refractivity contribution in [3.8, 4) is 0 Å². The van der Waals surface area contributed by atoms with Gasteiger partial charge in [0.15, 0.2) is 0 Å². The maximum absolute atomic E-state index is 13.2. The molecule has 2 aliphatic rings. The Kier molecular flexibility index (Phi) is 5.82. The molecule has 7 heteroatoms. The maximum Gasteiger partial charge on any atom is 0.230 e. The Morgan fingerprint density at radius 1 is 1.07 bits per heavy atom. The van der Waals surface area contributed by atoms with Crippen molar-refractivity contribution in [3.63, 3.8) is 0 Å². The maximum atomic E-state index is 13.2. The van der Waals surface area contributed by atoms with Gasteiger partial charge < -0.3 is 4.90 Å². The van der Waals surface area contributed by atoms with E-state index in [2.05, 4.69) is 28.9 Å². The summed E-state index contributed by atoms with van der Waals surface area (Å²) in [6, 6.07) is 15.6. The Bertz CT molecular complexity index is 999. The number of halogens is 1. The zero-order valence-corrected chi connectivity index (χ0v) is 18.8. The lowest BCUT2D eigenvalue weighted by atomic mass is 9.96. The van der Waals surface area contributed by atoms with Crippen molar-refractivity contribution in [2.24, 2.45) is 5.92 Å². The van der Waals surface area contributed by atoms with Gasteiger partial charge >= 0.3 is 0 Å². The second kappa shape index (κ2) is 8.20. The van der Waals surface area contributed by atoms with Crippen LogP contribution in [-0.4, -0.2) is 37.8 Å². The van der Waals surface area contributed by atoms with Crippen LogP contribution in [0.15, 0.2) is 53.0 Å². The normalized spacial score (nSPS) is 20.6. The Balaban J connectivity index is 1.40. The van der Waals surface area contributed by atoms with Crippen LogP contribution in [0.5, 0.6) is 0 Å². The second-order valence-corrected chi connectivity index (χ2v) is 10.8. The second-order valence-electron chi connectivity index (χ2n) is 7.95. The van der Waals surface area contributed by atoms with E-state index in [0.29, 0.717) is 25.9 Å². The largest absolute Gasteiger partial charge is 0.309 e. The summed E-state index contributed by atoms with van der Waals surface area (Å²) in [5, 5.41) is 0. The quantitative estimate of drug-likeness (QED) is 0.670. The highest BCUT2D eigenvalue weighted by Crippen LogP contribution is 2.35. The van der Waals surface area contributed by atoms with Gasteiger partial charge in [0.05, 0.1) is 5.75 Å². The lowest BCUT2D eigenvalue weighted by Crippen LogP contribution is -2.46. The molecule has 0 saturated carbocycles. The van der Waals surface area contributed by atoms with Crippen LogP contribution in [0.4, 0.5) is 5.69 Å². The molecule has 29 heavy (non-hydrogen) atoms. The molecule has 1 atom stereocenters. The first kappa shape index (κ1) is 20.6. The summed E-state index contributed by atoms with van der Waals surface area (Å²) >= 11 is 3.37. The third-order valence-electron chi connectivity index (χ3n) is 5.90. The molecule has 2 aromatic rings. The molecule has 0 aromatic heterocycles. The van der Waals surface area contributed by atoms with Gasteiger partial charge in [-0.25, -0.2) is 12.7 Å². The van der Waals surface area contributed by atoms with E-state index < -0.39 is 10.0 Å². The number of anilines is 1. The molecule has 1 fully saturated rings. The predicted molar refractivity (Wildman–Crippen MR) is 118 cm³/mol. The van der Waals surface area contributed by atoms with Crippen molar-refractivity contribution in [3.05, 3.63) is 64.1 Å². The molecule has 1 saturated heterocycles. The highest BCUT2D eigenvalue weighted by molar-refractivity contribution is 9.10. The van der Waals surface area contributed by atoms with Crippen LogP contribution in [0, 0.1) is 5.92 Å². The van der Waals surface area contributed by atoms with E-state index in [1.54, 1.807) is 4.31 Å². The van der Waals surface area contributed by atoms with Gasteiger partial charge in [-0.05, 0) is 55.5 Å². The van der Waals surface area contributed by atoms with Gasteiger partial charge in [-0.1, -0.05) is 46.3 Å². The average molecular weight is 477 g/mol. The summed E-state index contributed by atoms with van der Waals surface area (Å²) < 4.78 is 28.1. The molecule has 4 rings (SSSR count). The van der Waals surface area contributed by atoms with Gasteiger partial charge in [0, 0.05) is 35.2 Å². The smallest absolute Gasteiger partial charge is 0.230 e. The number of nitrogens with zero attached hydrogens (tertiary/aromatic N) is 2. The summed E-state index contributed by atoms with van der Waals surface area (Å²) in [5.41, 5.74) is 2.99. The van der Waals surface area contributed by atoms with Gasteiger partial charge in [-0.2, -0.15) is 0 Å². The van der Waals surface area contributed by atoms with Gasteiger partial charge in [-0.15, -0.1) is 0 Å². The number of carbonyl (C=O) groups is 1. The van der Waals surface area contributed by atoms with Crippen LogP contribution in [-0.2, 0) is 27.0 Å². The van der Waals surface area contributed by atoms with E-state index in [1.165, 1.54) is 5.56 Å². The van der Waals surface area contributed by atoms with Crippen LogP contribution >= 0.6 is 15.9 Å². The number of amides is 1. The molecule has 154 valence electrons. The summed E-state index contributed by atoms with van der Waals surface area (Å²) in [6.45, 7) is 2.88. The third kappa shape index (κ3) is 4.27. The van der Waals surface area contributed by atoms with Crippen molar-refractivity contribution < 1.29 is 13.2 Å². The lowest BCUT2D eigenvalue weighted by Gasteiger charge is -2.34. The highest BCUT2D eigenvalue weighted by atomic mass is 79.9. The Hall–Kier alpha value is -1.70. The average Bonchev–Trinajstić information content (AvgIpc) is 3.05. The molecule has 5 nitrogen and oxygen atoms in total. The SMILES string of the molecule is CC1Cc2ccccc2N1C(=O)C1CCN(S(=O)(=O)Cc2ccc(Br)cc2)CC1. The zero-order valence-electron chi connectivity index (χ0n) is 16.4. The number of sulfonamides is 1. The zero-order chi connectivity index (χ0) is 20.6. The first-order valence-corrected chi connectivity index (χ1v) is 12.4. The first-order valence-electron chi connectivity index (χ1n) is 9.98. The molecule has 1 amide bonds. The standard InChI is InChI=1S/C22H25BrN2O3S/c1-16-14-19-4-2-3-5-21(19)25(16)22(26)18-10-12-24(13-11-18)29(27,28)15-17-6-8-20(23)9-7-17/h2-9,16,18H,10-15H2,1H3. The minimum atomic E-state index is -3.38. The predicted octanol–water partition coefficient (Wildman–Crippen LogP) is 3.97. The Labute approximate surface area is 180 Å². The summed E-state index contributed by atoms with van der Waals surface area (Å²) in [6.07, 6.45) is 2.02. The van der Waals surface area contributed by atoms with Crippen LogP contribution in [0.3, 0.4) is 0 Å². The number of hydrogen-bond acceptors (Lipinski definition) is 3. The Morgan fingerprint density at radius 3 is 2.41 bits per heavy atom. The topological polar surface area (TPSA) is 57.7 Å². The van der Waals surface area contributed by atoms with Crippen LogP contribution < -0.4 is 4.90 Å². The monoisotopic (exact) mass is 476 g/mol. The van der Waals surface area contributed by atoms with Gasteiger partial charge in [0.1, 0.15) is 0 Å². The lowest BCUT2D eigenvalue weighted by molar-refractivity contribution is -0.123. The van der Waals surface area contributed by atoms with Crippen molar-refractivity contribution in [1.29, 1.82) is 0 Å². The molecule has 2 aromatic carbocycles. The van der Waals surface area contributed by atoms with Crippen molar-refractivity contribution in [2.75, 3.05) is 18.0 Å². The number of hydrogen-bond donors (Lipinski definition) is 0. The van der Waals surface area contributed by atoms with Gasteiger partial charge in [0.25, 0.3) is 0 Å². The number of rotatable bonds is 4. The highest BCUT2D eigenvalue weighted by Gasteiger charge is 2.37. The molecule has 0 spiro atoms. The number of para-hydroxylation sites is 1. The van der Waals surface area contributed by atoms with Crippen LogP contribution in [0.2, 0.25) is 0 Å². The minimum Gasteiger partial charge on any atom is -0.309 e. The van der Waals surface area contributed by atoms with E-state index in [-0.39, 0.29) is 23.6 Å². The van der Waals surface area contributed by atoms with Crippen LogP contribution in [0.25, 0.3) is 0 Å². The van der Waals surface area contributed by atoms with E-state index in [4.69, 9.17) is 0 Å². The Morgan fingerprint density at radius 2 is 1.72 bits per heavy atom. The molecule has 1 unspecified atom stereocenters. The summed E-state index contributed by atoms with van der Waals surface area (Å²) in [5.74, 6) is 0.00486. The minimum absolute atomic E-state index is 0.00454. The summed E-state index contributed by atoms with van der Waals surface area (Å²) in [7, 11) is -3.38. The van der Waals surface area contributed by atoms with E-state index in [9.17, 15) is 13.2 Å². The molecule has 0 aliphatic carbocycles. The van der Waals surface area contributed by atoms with Crippen molar-refractivity contribution in [2.45, 2.75) is 38.0 Å². The molecule has 2 heterocycles. The first-order chi connectivity index (χ1) is 13.8. The van der Waals surface area contributed by atoms with Gasteiger partial charge in [-0.3, -0.25) is 4.79 Å². The number of carbonyl (C=O) groups excluding carboxylic acids is 1. The van der Waals surface area contributed by atoms with E-state index in [0.717, 1.165) is 22.1 Å². The molecule has 0 radical (unpaired) electrons. The fourth-order valence-electron chi connectivity index (χ4n) is 4.36. The molecular formula is C22H25BrN2O3S. The fourth-order valence-corrected chi connectivity index (χ4v) is 6.19. The number of benzene rings is 2. The molecule has 0 bridgehead atoms. The number of piperidine rings is 1. The fraction of sp³-hybridized carbons (Fsp3) is 0.409. The third-order valence-corrected chi connectivity index (χ3v) is 8.28.